The van der Waals surface area contributed by atoms with E-state index in [9.17, 15) is 0 Å². The van der Waals surface area contributed by atoms with Gasteiger partial charge >= 0.3 is 0 Å². The minimum Gasteiger partial charge on any atom is -0.336 e. The Morgan fingerprint density at radius 3 is 2.67 bits per heavy atom. The van der Waals surface area contributed by atoms with E-state index in [1.54, 1.807) is 6.20 Å². The molecule has 0 saturated heterocycles. The molecule has 1 heterocycles. The molecule has 4 rings (SSSR count). The molecule has 1 atom stereocenters. The fourth-order valence-corrected chi connectivity index (χ4v) is 5.10. The van der Waals surface area contributed by atoms with Gasteiger partial charge in [-0.3, -0.25) is 0 Å². The van der Waals surface area contributed by atoms with Crippen LogP contribution in [-0.2, 0) is 12.3 Å². The van der Waals surface area contributed by atoms with E-state index >= 15 is 0 Å². The highest BCUT2D eigenvalue weighted by molar-refractivity contribution is 7.98. The zero-order valence-corrected chi connectivity index (χ0v) is 16.9. The van der Waals surface area contributed by atoms with Crippen molar-refractivity contribution in [2.75, 3.05) is 0 Å². The van der Waals surface area contributed by atoms with E-state index in [0.717, 1.165) is 17.9 Å². The summed E-state index contributed by atoms with van der Waals surface area (Å²) in [5, 5.41) is 4.13. The quantitative estimate of drug-likeness (QED) is 0.338. The van der Waals surface area contributed by atoms with Gasteiger partial charge in [-0.2, -0.15) is 0 Å². The summed E-state index contributed by atoms with van der Waals surface area (Å²) in [6, 6.07) is 20.7. The molecule has 136 valence electrons. The van der Waals surface area contributed by atoms with Crippen molar-refractivity contribution in [3.8, 4) is 0 Å². The fourth-order valence-electron chi connectivity index (χ4n) is 3.20. The Kier molecular flexibility index (Phi) is 5.72. The summed E-state index contributed by atoms with van der Waals surface area (Å²) in [7, 11) is 0. The van der Waals surface area contributed by atoms with Gasteiger partial charge in [0.2, 0.25) is 0 Å². The summed E-state index contributed by atoms with van der Waals surface area (Å²) in [4.78, 5) is 4.16. The molecule has 0 fully saturated rings. The monoisotopic (exact) mass is 412 g/mol. The number of thioether (sulfide) groups is 1. The fraction of sp³-hybridized carbons (Fsp3) is 0.136. The highest BCUT2D eigenvalue weighted by Crippen LogP contribution is 2.38. The van der Waals surface area contributed by atoms with Crippen molar-refractivity contribution in [1.82, 2.24) is 9.55 Å². The molecule has 1 unspecified atom stereocenters. The molecule has 0 amide bonds. The lowest BCUT2D eigenvalue weighted by Gasteiger charge is -2.20. The third-order valence-electron chi connectivity index (χ3n) is 4.57. The van der Waals surface area contributed by atoms with Crippen LogP contribution in [0.25, 0.3) is 10.8 Å². The summed E-state index contributed by atoms with van der Waals surface area (Å²) in [5.74, 6) is 0.902. The molecular weight excluding hydrogens is 395 g/mol. The maximum atomic E-state index is 6.52. The van der Waals surface area contributed by atoms with Gasteiger partial charge in [-0.1, -0.05) is 71.7 Å². The number of fused-ring (bicyclic) bond motifs is 1. The Hall–Kier alpha value is -1.94. The average Bonchev–Trinajstić information content (AvgIpc) is 3.18. The highest BCUT2D eigenvalue weighted by atomic mass is 35.5. The average molecular weight is 413 g/mol. The van der Waals surface area contributed by atoms with Gasteiger partial charge in [-0.15, -0.1) is 11.8 Å². The number of hydrogen-bond acceptors (Lipinski definition) is 2. The minimum atomic E-state index is 0.197. The molecular formula is C22H18Cl2N2S. The number of imidazole rings is 1. The van der Waals surface area contributed by atoms with Crippen LogP contribution in [0.4, 0.5) is 0 Å². The van der Waals surface area contributed by atoms with Gasteiger partial charge in [0.05, 0.1) is 6.33 Å². The predicted molar refractivity (Wildman–Crippen MR) is 117 cm³/mol. The molecule has 0 spiro atoms. The van der Waals surface area contributed by atoms with Gasteiger partial charge in [0.1, 0.15) is 0 Å². The van der Waals surface area contributed by atoms with Crippen molar-refractivity contribution in [2.24, 2.45) is 0 Å². The number of halogens is 2. The first-order valence-corrected chi connectivity index (χ1v) is 10.5. The van der Waals surface area contributed by atoms with Crippen molar-refractivity contribution < 1.29 is 0 Å². The van der Waals surface area contributed by atoms with Crippen LogP contribution < -0.4 is 0 Å². The highest BCUT2D eigenvalue weighted by Gasteiger charge is 2.17. The Bertz CT molecular complexity index is 1040. The minimum absolute atomic E-state index is 0.197. The number of aromatic nitrogens is 2. The van der Waals surface area contributed by atoms with Gasteiger partial charge in [-0.05, 0) is 34.0 Å². The zero-order chi connectivity index (χ0) is 18.6. The summed E-state index contributed by atoms with van der Waals surface area (Å²) in [6.07, 6.45) is 5.63. The van der Waals surface area contributed by atoms with E-state index in [1.165, 1.54) is 16.3 Å². The number of nitrogens with zero attached hydrogens (tertiary/aromatic N) is 2. The number of benzene rings is 3. The number of hydrogen-bond donors (Lipinski definition) is 0. The maximum Gasteiger partial charge on any atom is 0.0946 e. The van der Waals surface area contributed by atoms with E-state index in [-0.39, 0.29) is 5.25 Å². The van der Waals surface area contributed by atoms with Crippen molar-refractivity contribution in [2.45, 2.75) is 17.5 Å². The van der Waals surface area contributed by atoms with Crippen LogP contribution in [0.15, 0.2) is 79.4 Å². The van der Waals surface area contributed by atoms with E-state index in [0.29, 0.717) is 10.0 Å². The second-order valence-corrected chi connectivity index (χ2v) is 8.40. The van der Waals surface area contributed by atoms with E-state index in [2.05, 4.69) is 52.0 Å². The molecule has 27 heavy (non-hydrogen) atoms. The van der Waals surface area contributed by atoms with E-state index in [4.69, 9.17) is 23.2 Å². The second-order valence-electron chi connectivity index (χ2n) is 6.36. The molecule has 0 aliphatic rings. The van der Waals surface area contributed by atoms with Crippen LogP contribution in [0, 0.1) is 0 Å². The summed E-state index contributed by atoms with van der Waals surface area (Å²) in [5.41, 5.74) is 2.43. The molecule has 0 radical (unpaired) electrons. The molecule has 2 nitrogen and oxygen atoms in total. The molecule has 4 aromatic rings. The van der Waals surface area contributed by atoms with Crippen LogP contribution in [0.3, 0.4) is 0 Å². The van der Waals surface area contributed by atoms with Crippen molar-refractivity contribution in [3.05, 3.63) is 101 Å². The summed E-state index contributed by atoms with van der Waals surface area (Å²) in [6.45, 7) is 0.802. The first kappa shape index (κ1) is 18.4. The lowest BCUT2D eigenvalue weighted by molar-refractivity contribution is 0.683. The third kappa shape index (κ3) is 4.32. The second kappa shape index (κ2) is 8.39. The van der Waals surface area contributed by atoms with E-state index in [1.807, 2.05) is 42.5 Å². The van der Waals surface area contributed by atoms with Gasteiger partial charge in [0, 0.05) is 40.0 Å². The molecule has 0 aliphatic heterocycles. The normalized spacial score (nSPS) is 12.4. The Balaban J connectivity index is 1.62. The van der Waals surface area contributed by atoms with E-state index < -0.39 is 0 Å². The van der Waals surface area contributed by atoms with Crippen LogP contribution in [-0.4, -0.2) is 9.55 Å². The molecule has 0 aliphatic carbocycles. The topological polar surface area (TPSA) is 17.8 Å². The SMILES string of the molecule is Clc1ccc(C(Cn2ccnc2)SCc2cccc3ccccc23)c(Cl)c1. The van der Waals surface area contributed by atoms with Crippen molar-refractivity contribution >= 4 is 45.7 Å². The maximum absolute atomic E-state index is 6.52. The van der Waals surface area contributed by atoms with Crippen LogP contribution in [0.1, 0.15) is 16.4 Å². The molecule has 0 N–H and O–H groups in total. The first-order chi connectivity index (χ1) is 13.2. The van der Waals surface area contributed by atoms with Crippen LogP contribution in [0.2, 0.25) is 10.0 Å². The lowest BCUT2D eigenvalue weighted by atomic mass is 10.1. The van der Waals surface area contributed by atoms with Gasteiger partial charge in [0.15, 0.2) is 0 Å². The Labute approximate surface area is 173 Å². The Morgan fingerprint density at radius 1 is 1.00 bits per heavy atom. The van der Waals surface area contributed by atoms with Crippen LogP contribution in [0.5, 0.6) is 0 Å². The Morgan fingerprint density at radius 2 is 1.85 bits per heavy atom. The predicted octanol–water partition coefficient (Wildman–Crippen LogP) is 7.02. The molecule has 0 bridgehead atoms. The smallest absolute Gasteiger partial charge is 0.0946 e. The third-order valence-corrected chi connectivity index (χ3v) is 6.41. The largest absolute Gasteiger partial charge is 0.336 e. The molecule has 1 aromatic heterocycles. The summed E-state index contributed by atoms with van der Waals surface area (Å²) < 4.78 is 2.09. The van der Waals surface area contributed by atoms with Gasteiger partial charge in [-0.25, -0.2) is 4.98 Å². The van der Waals surface area contributed by atoms with Crippen molar-refractivity contribution in [1.29, 1.82) is 0 Å². The first-order valence-electron chi connectivity index (χ1n) is 8.69. The van der Waals surface area contributed by atoms with Gasteiger partial charge in [0.25, 0.3) is 0 Å². The summed E-state index contributed by atoms with van der Waals surface area (Å²) >= 11 is 14.5. The number of rotatable bonds is 6. The molecule has 3 aromatic carbocycles. The van der Waals surface area contributed by atoms with Crippen molar-refractivity contribution in [3.63, 3.8) is 0 Å². The van der Waals surface area contributed by atoms with Crippen LogP contribution >= 0.6 is 35.0 Å². The lowest BCUT2D eigenvalue weighted by Crippen LogP contribution is -2.06. The molecule has 0 saturated carbocycles. The van der Waals surface area contributed by atoms with Gasteiger partial charge < -0.3 is 4.57 Å². The zero-order valence-electron chi connectivity index (χ0n) is 14.6. The standard InChI is InChI=1S/C22H18Cl2N2S/c23-18-8-9-20(21(24)12-18)22(13-26-11-10-25-15-26)27-14-17-6-3-5-16-4-1-2-7-19(16)17/h1-12,15,22H,13-14H2. The molecule has 5 heteroatoms.